The molecule has 0 bridgehead atoms. The Labute approximate surface area is 100 Å². The van der Waals surface area contributed by atoms with Gasteiger partial charge in [0.1, 0.15) is 11.4 Å². The quantitative estimate of drug-likeness (QED) is 0.798. The summed E-state index contributed by atoms with van der Waals surface area (Å²) in [6.07, 6.45) is 2.89. The number of aromatic carboxylic acids is 1. The Hall–Kier alpha value is -1.17. The topological polar surface area (TPSA) is 72.2 Å². The number of aromatic nitrogens is 2. The summed E-state index contributed by atoms with van der Waals surface area (Å²) in [5.41, 5.74) is -0.730. The van der Waals surface area contributed by atoms with Gasteiger partial charge in [0.2, 0.25) is 0 Å². The molecule has 0 unspecified atom stereocenters. The van der Waals surface area contributed by atoms with Crippen molar-refractivity contribution in [3.8, 4) is 0 Å². The standard InChI is InChI=1S/C10H11BrN2O3/c1-5-2-3-7(11)8-12-4-6(10(15)16)9(14)13(5)8/h4-5,7H,2-3H2,1H3,(H,15,16)/t5-,7-/m1/s1. The molecule has 2 heterocycles. The summed E-state index contributed by atoms with van der Waals surface area (Å²) in [6, 6.07) is 0.00287. The maximum atomic E-state index is 11.9. The van der Waals surface area contributed by atoms with E-state index >= 15 is 0 Å². The normalized spacial score (nSPS) is 23.9. The van der Waals surface area contributed by atoms with Crippen LogP contribution in [0.2, 0.25) is 0 Å². The molecule has 0 amide bonds. The molecule has 1 aliphatic rings. The molecule has 0 aromatic carbocycles. The summed E-state index contributed by atoms with van der Waals surface area (Å²) >= 11 is 3.44. The van der Waals surface area contributed by atoms with Gasteiger partial charge in [-0.05, 0) is 19.8 Å². The monoisotopic (exact) mass is 286 g/mol. The van der Waals surface area contributed by atoms with Crippen LogP contribution < -0.4 is 5.56 Å². The SMILES string of the molecule is C[C@@H]1CC[C@@H](Br)c2ncc(C(=O)O)c(=O)n21. The Kier molecular flexibility index (Phi) is 2.84. The number of hydrogen-bond acceptors (Lipinski definition) is 3. The molecular weight excluding hydrogens is 276 g/mol. The summed E-state index contributed by atoms with van der Waals surface area (Å²) in [7, 11) is 0. The Bertz CT molecular complexity index is 497. The number of alkyl halides is 1. The number of nitrogens with zero attached hydrogens (tertiary/aromatic N) is 2. The van der Waals surface area contributed by atoms with E-state index in [0.29, 0.717) is 5.82 Å². The van der Waals surface area contributed by atoms with Crippen LogP contribution in [-0.4, -0.2) is 20.6 Å². The zero-order valence-electron chi connectivity index (χ0n) is 8.68. The van der Waals surface area contributed by atoms with Gasteiger partial charge in [-0.3, -0.25) is 9.36 Å². The van der Waals surface area contributed by atoms with Crippen molar-refractivity contribution < 1.29 is 9.90 Å². The third-order valence-electron chi connectivity index (χ3n) is 2.81. The van der Waals surface area contributed by atoms with E-state index in [0.717, 1.165) is 19.0 Å². The van der Waals surface area contributed by atoms with Crippen LogP contribution in [0.3, 0.4) is 0 Å². The van der Waals surface area contributed by atoms with E-state index in [4.69, 9.17) is 5.11 Å². The molecule has 2 rings (SSSR count). The van der Waals surface area contributed by atoms with Gasteiger partial charge in [-0.1, -0.05) is 15.9 Å². The molecule has 2 atom stereocenters. The highest BCUT2D eigenvalue weighted by molar-refractivity contribution is 9.09. The zero-order valence-corrected chi connectivity index (χ0v) is 10.3. The van der Waals surface area contributed by atoms with E-state index in [1.807, 2.05) is 6.92 Å². The highest BCUT2D eigenvalue weighted by atomic mass is 79.9. The molecule has 1 aromatic rings. The van der Waals surface area contributed by atoms with Crippen molar-refractivity contribution in [2.75, 3.05) is 0 Å². The molecule has 86 valence electrons. The van der Waals surface area contributed by atoms with Crippen molar-refractivity contribution in [2.24, 2.45) is 0 Å². The van der Waals surface area contributed by atoms with Crippen LogP contribution in [0.5, 0.6) is 0 Å². The minimum Gasteiger partial charge on any atom is -0.477 e. The summed E-state index contributed by atoms with van der Waals surface area (Å²) in [4.78, 5) is 26.9. The summed E-state index contributed by atoms with van der Waals surface area (Å²) < 4.78 is 1.48. The molecule has 0 saturated heterocycles. The first-order valence-corrected chi connectivity index (χ1v) is 5.92. The van der Waals surface area contributed by atoms with Crippen LogP contribution in [0.15, 0.2) is 11.0 Å². The average molecular weight is 287 g/mol. The fraction of sp³-hybridized carbons (Fsp3) is 0.500. The lowest BCUT2D eigenvalue weighted by Crippen LogP contribution is -2.34. The Morgan fingerprint density at radius 2 is 2.31 bits per heavy atom. The number of halogens is 1. The lowest BCUT2D eigenvalue weighted by atomic mass is 10.1. The molecule has 0 fully saturated rings. The molecule has 0 saturated carbocycles. The number of hydrogen-bond donors (Lipinski definition) is 1. The minimum absolute atomic E-state index is 0.00287. The van der Waals surface area contributed by atoms with Crippen molar-refractivity contribution >= 4 is 21.9 Å². The van der Waals surface area contributed by atoms with Crippen LogP contribution in [0.4, 0.5) is 0 Å². The predicted octanol–water partition coefficient (Wildman–Crippen LogP) is 1.73. The van der Waals surface area contributed by atoms with Gasteiger partial charge in [0.15, 0.2) is 0 Å². The van der Waals surface area contributed by atoms with Gasteiger partial charge in [-0.15, -0.1) is 0 Å². The van der Waals surface area contributed by atoms with Gasteiger partial charge in [0, 0.05) is 12.2 Å². The fourth-order valence-electron chi connectivity index (χ4n) is 1.93. The predicted molar refractivity (Wildman–Crippen MR) is 61.1 cm³/mol. The van der Waals surface area contributed by atoms with Gasteiger partial charge in [-0.25, -0.2) is 9.78 Å². The lowest BCUT2D eigenvalue weighted by molar-refractivity contribution is 0.0693. The van der Waals surface area contributed by atoms with Gasteiger partial charge >= 0.3 is 5.97 Å². The van der Waals surface area contributed by atoms with E-state index in [9.17, 15) is 9.59 Å². The molecule has 1 aromatic heterocycles. The maximum Gasteiger partial charge on any atom is 0.342 e. The first kappa shape index (κ1) is 11.3. The first-order chi connectivity index (χ1) is 7.52. The van der Waals surface area contributed by atoms with Gasteiger partial charge in [0.25, 0.3) is 5.56 Å². The number of fused-ring (bicyclic) bond motifs is 1. The number of carboxylic acids is 1. The smallest absolute Gasteiger partial charge is 0.342 e. The molecule has 1 aliphatic heterocycles. The molecule has 0 radical (unpaired) electrons. The molecule has 5 nitrogen and oxygen atoms in total. The lowest BCUT2D eigenvalue weighted by Gasteiger charge is -2.27. The Morgan fingerprint density at radius 1 is 1.62 bits per heavy atom. The highest BCUT2D eigenvalue weighted by Gasteiger charge is 2.27. The minimum atomic E-state index is -1.23. The molecular formula is C10H11BrN2O3. The summed E-state index contributed by atoms with van der Waals surface area (Å²) in [5.74, 6) is -0.606. The third-order valence-corrected chi connectivity index (χ3v) is 3.68. The van der Waals surface area contributed by atoms with E-state index in [-0.39, 0.29) is 16.4 Å². The van der Waals surface area contributed by atoms with Crippen LogP contribution in [0.25, 0.3) is 0 Å². The molecule has 0 aliphatic carbocycles. The van der Waals surface area contributed by atoms with E-state index in [1.54, 1.807) is 0 Å². The van der Waals surface area contributed by atoms with Crippen molar-refractivity contribution in [2.45, 2.75) is 30.6 Å². The van der Waals surface area contributed by atoms with Gasteiger partial charge < -0.3 is 5.11 Å². The highest BCUT2D eigenvalue weighted by Crippen LogP contribution is 2.34. The number of carbonyl (C=O) groups is 1. The van der Waals surface area contributed by atoms with Gasteiger partial charge in [0.05, 0.1) is 4.83 Å². The van der Waals surface area contributed by atoms with Crippen molar-refractivity contribution in [1.29, 1.82) is 0 Å². The van der Waals surface area contributed by atoms with E-state index < -0.39 is 11.5 Å². The second kappa shape index (κ2) is 4.01. The van der Waals surface area contributed by atoms with E-state index in [1.165, 1.54) is 4.57 Å². The second-order valence-electron chi connectivity index (χ2n) is 3.90. The molecule has 1 N–H and O–H groups in total. The van der Waals surface area contributed by atoms with Crippen molar-refractivity contribution in [1.82, 2.24) is 9.55 Å². The third kappa shape index (κ3) is 1.67. The average Bonchev–Trinajstić information content (AvgIpc) is 2.23. The number of rotatable bonds is 1. The molecule has 0 spiro atoms. The van der Waals surface area contributed by atoms with Crippen molar-refractivity contribution in [3.63, 3.8) is 0 Å². The second-order valence-corrected chi connectivity index (χ2v) is 5.01. The van der Waals surface area contributed by atoms with Gasteiger partial charge in [-0.2, -0.15) is 0 Å². The van der Waals surface area contributed by atoms with Crippen LogP contribution in [0.1, 0.15) is 46.8 Å². The van der Waals surface area contributed by atoms with Crippen LogP contribution in [0, 0.1) is 0 Å². The van der Waals surface area contributed by atoms with Crippen molar-refractivity contribution in [3.05, 3.63) is 27.9 Å². The van der Waals surface area contributed by atoms with Crippen LogP contribution in [-0.2, 0) is 0 Å². The Balaban J connectivity index is 2.68. The zero-order chi connectivity index (χ0) is 11.9. The summed E-state index contributed by atoms with van der Waals surface area (Å²) in [6.45, 7) is 1.90. The van der Waals surface area contributed by atoms with E-state index in [2.05, 4.69) is 20.9 Å². The number of carboxylic acid groups (broad SMARTS) is 1. The summed E-state index contributed by atoms with van der Waals surface area (Å²) in [5, 5.41) is 8.85. The fourth-order valence-corrected chi connectivity index (χ4v) is 2.54. The first-order valence-electron chi connectivity index (χ1n) is 5.01. The van der Waals surface area contributed by atoms with Crippen LogP contribution >= 0.6 is 15.9 Å². The molecule has 16 heavy (non-hydrogen) atoms. The Morgan fingerprint density at radius 3 is 2.94 bits per heavy atom. The molecule has 6 heteroatoms. The largest absolute Gasteiger partial charge is 0.477 e. The maximum absolute atomic E-state index is 11.9.